The van der Waals surface area contributed by atoms with Crippen LogP contribution in [-0.2, 0) is 30.3 Å². The van der Waals surface area contributed by atoms with Crippen LogP contribution >= 0.6 is 0 Å². The number of hydrogen-bond donors (Lipinski definition) is 2. The molecule has 0 aromatic heterocycles. The fraction of sp³-hybridized carbons (Fsp3) is 0.682. The number of carbonyl (C=O) groups excluding carboxylic acids is 1. The summed E-state index contributed by atoms with van der Waals surface area (Å²) in [6, 6.07) is 9.67. The minimum absolute atomic E-state index is 0.152. The van der Waals surface area contributed by atoms with E-state index in [9.17, 15) is 15.0 Å². The first-order chi connectivity index (χ1) is 14.2. The summed E-state index contributed by atoms with van der Waals surface area (Å²) in [5.74, 6) is -0.152. The van der Waals surface area contributed by atoms with Crippen LogP contribution in [0.25, 0.3) is 0 Å². The molecule has 0 bridgehead atoms. The van der Waals surface area contributed by atoms with Crippen molar-refractivity contribution in [2.75, 3.05) is 20.3 Å². The lowest BCUT2D eigenvalue weighted by Gasteiger charge is -2.19. The molecule has 7 heteroatoms. The number of rotatable bonds is 14. The Balaban J connectivity index is 1.58. The van der Waals surface area contributed by atoms with Gasteiger partial charge in [-0.1, -0.05) is 56.0 Å². The van der Waals surface area contributed by atoms with E-state index in [2.05, 4.69) is 4.74 Å². The maximum atomic E-state index is 11.0. The van der Waals surface area contributed by atoms with E-state index in [1.807, 2.05) is 30.3 Å². The van der Waals surface area contributed by atoms with Gasteiger partial charge in [0.25, 0.3) is 0 Å². The van der Waals surface area contributed by atoms with E-state index >= 15 is 0 Å². The molecule has 29 heavy (non-hydrogen) atoms. The van der Waals surface area contributed by atoms with Crippen LogP contribution in [0.3, 0.4) is 0 Å². The fourth-order valence-electron chi connectivity index (χ4n) is 3.34. The average Bonchev–Trinajstić information content (AvgIpc) is 3.06. The molecule has 1 aromatic rings. The van der Waals surface area contributed by atoms with Crippen LogP contribution in [0.4, 0.5) is 0 Å². The van der Waals surface area contributed by atoms with Crippen LogP contribution in [0.5, 0.6) is 0 Å². The Kier molecular flexibility index (Phi) is 11.2. The molecule has 0 unspecified atom stereocenters. The third-order valence-electron chi connectivity index (χ3n) is 5.04. The standard InChI is InChI=1S/C22H34O7/c1-26-19(24)13-9-4-2-3-5-10-14-27-22-20(25)21(18(15-23)29-22)28-16-17-11-7-6-8-12-17/h6-8,11-12,18,20-23,25H,2-5,9-10,13-16H2,1H3/t18-,20+,21-,22+/m1/s1. The van der Waals surface area contributed by atoms with Crippen molar-refractivity contribution in [3.8, 4) is 0 Å². The second kappa shape index (κ2) is 13.7. The highest BCUT2D eigenvalue weighted by molar-refractivity contribution is 5.68. The SMILES string of the molecule is COC(=O)CCCCCCCCO[C@H]1O[C@H](CO)[C@@H](OCc2ccccc2)[C@@H]1O. The first-order valence-corrected chi connectivity index (χ1v) is 10.4. The Bertz CT molecular complexity index is 566. The Morgan fingerprint density at radius 2 is 1.72 bits per heavy atom. The second-order valence-electron chi connectivity index (χ2n) is 7.30. The molecule has 1 saturated heterocycles. The average molecular weight is 411 g/mol. The number of aliphatic hydroxyl groups is 2. The van der Waals surface area contributed by atoms with Gasteiger partial charge in [-0.25, -0.2) is 0 Å². The van der Waals surface area contributed by atoms with Crippen LogP contribution < -0.4 is 0 Å². The summed E-state index contributed by atoms with van der Waals surface area (Å²) in [7, 11) is 1.41. The summed E-state index contributed by atoms with van der Waals surface area (Å²) < 4.78 is 21.7. The van der Waals surface area contributed by atoms with E-state index in [-0.39, 0.29) is 12.6 Å². The van der Waals surface area contributed by atoms with E-state index in [1.54, 1.807) is 0 Å². The first kappa shape index (κ1) is 23.8. The Morgan fingerprint density at radius 1 is 1.03 bits per heavy atom. The quantitative estimate of drug-likeness (QED) is 0.360. The molecule has 1 heterocycles. The number of unbranched alkanes of at least 4 members (excludes halogenated alkanes) is 5. The molecule has 164 valence electrons. The first-order valence-electron chi connectivity index (χ1n) is 10.4. The van der Waals surface area contributed by atoms with Gasteiger partial charge >= 0.3 is 5.97 Å². The molecule has 0 radical (unpaired) electrons. The van der Waals surface area contributed by atoms with Crippen molar-refractivity contribution >= 4 is 5.97 Å². The zero-order chi connectivity index (χ0) is 20.9. The van der Waals surface area contributed by atoms with Crippen LogP contribution in [-0.4, -0.2) is 61.1 Å². The lowest BCUT2D eigenvalue weighted by molar-refractivity contribution is -0.169. The largest absolute Gasteiger partial charge is 0.469 e. The third-order valence-corrected chi connectivity index (χ3v) is 5.04. The van der Waals surface area contributed by atoms with Crippen molar-refractivity contribution in [3.05, 3.63) is 35.9 Å². The van der Waals surface area contributed by atoms with Gasteiger partial charge < -0.3 is 29.2 Å². The molecule has 7 nitrogen and oxygen atoms in total. The van der Waals surface area contributed by atoms with Gasteiger partial charge in [0.05, 0.1) is 20.3 Å². The molecule has 0 aliphatic carbocycles. The van der Waals surface area contributed by atoms with Crippen LogP contribution in [0, 0.1) is 0 Å². The van der Waals surface area contributed by atoms with E-state index in [0.717, 1.165) is 44.1 Å². The van der Waals surface area contributed by atoms with E-state index in [0.29, 0.717) is 19.6 Å². The number of esters is 1. The molecule has 1 aromatic carbocycles. The summed E-state index contributed by atoms with van der Waals surface area (Å²) in [6.07, 6.45) is 3.42. The van der Waals surface area contributed by atoms with Gasteiger partial charge in [-0.3, -0.25) is 4.79 Å². The van der Waals surface area contributed by atoms with Crippen LogP contribution in [0.1, 0.15) is 50.5 Å². The van der Waals surface area contributed by atoms with Crippen molar-refractivity contribution in [3.63, 3.8) is 0 Å². The van der Waals surface area contributed by atoms with Crippen molar-refractivity contribution in [1.82, 2.24) is 0 Å². The topological polar surface area (TPSA) is 94.5 Å². The molecule has 1 fully saturated rings. The van der Waals surface area contributed by atoms with Gasteiger partial charge in [-0.2, -0.15) is 0 Å². The number of aliphatic hydroxyl groups excluding tert-OH is 2. The van der Waals surface area contributed by atoms with Gasteiger partial charge in [0.1, 0.15) is 18.3 Å². The summed E-state index contributed by atoms with van der Waals surface area (Å²) in [5.41, 5.74) is 0.993. The highest BCUT2D eigenvalue weighted by atomic mass is 16.7. The summed E-state index contributed by atoms with van der Waals surface area (Å²) in [5, 5.41) is 20.0. The number of carbonyl (C=O) groups is 1. The molecule has 0 spiro atoms. The van der Waals surface area contributed by atoms with Gasteiger partial charge in [0.2, 0.25) is 0 Å². The van der Waals surface area contributed by atoms with E-state index in [4.69, 9.17) is 14.2 Å². The normalized spacial score (nSPS) is 24.0. The van der Waals surface area contributed by atoms with Crippen LogP contribution in [0.2, 0.25) is 0 Å². The maximum absolute atomic E-state index is 11.0. The predicted molar refractivity (Wildman–Crippen MR) is 107 cm³/mol. The third kappa shape index (κ3) is 8.40. The predicted octanol–water partition coefficient (Wildman–Crippen LogP) is 2.57. The van der Waals surface area contributed by atoms with Crippen molar-refractivity contribution in [2.45, 2.75) is 76.2 Å². The fourth-order valence-corrected chi connectivity index (χ4v) is 3.34. The lowest BCUT2D eigenvalue weighted by Crippen LogP contribution is -2.37. The minimum atomic E-state index is -0.936. The van der Waals surface area contributed by atoms with Crippen LogP contribution in [0.15, 0.2) is 30.3 Å². The Labute approximate surface area is 172 Å². The molecular weight excluding hydrogens is 376 g/mol. The Morgan fingerprint density at radius 3 is 2.41 bits per heavy atom. The number of methoxy groups -OCH3 is 1. The highest BCUT2D eigenvalue weighted by Gasteiger charge is 2.44. The number of hydrogen-bond acceptors (Lipinski definition) is 7. The zero-order valence-corrected chi connectivity index (χ0v) is 17.2. The van der Waals surface area contributed by atoms with Crippen molar-refractivity contribution < 1.29 is 34.0 Å². The van der Waals surface area contributed by atoms with Gasteiger partial charge in [-0.15, -0.1) is 0 Å². The van der Waals surface area contributed by atoms with Crippen molar-refractivity contribution in [1.29, 1.82) is 0 Å². The van der Waals surface area contributed by atoms with Crippen molar-refractivity contribution in [2.24, 2.45) is 0 Å². The second-order valence-corrected chi connectivity index (χ2v) is 7.30. The van der Waals surface area contributed by atoms with E-state index < -0.39 is 24.6 Å². The Hall–Kier alpha value is -1.51. The van der Waals surface area contributed by atoms with Gasteiger partial charge in [0, 0.05) is 13.0 Å². The molecule has 1 aliphatic heterocycles. The van der Waals surface area contributed by atoms with Gasteiger partial charge in [0.15, 0.2) is 6.29 Å². The molecule has 0 amide bonds. The monoisotopic (exact) mass is 410 g/mol. The minimum Gasteiger partial charge on any atom is -0.469 e. The smallest absolute Gasteiger partial charge is 0.305 e. The molecule has 4 atom stereocenters. The highest BCUT2D eigenvalue weighted by Crippen LogP contribution is 2.26. The molecule has 2 N–H and O–H groups in total. The number of ether oxygens (including phenoxy) is 4. The molecule has 1 aliphatic rings. The lowest BCUT2D eigenvalue weighted by atomic mass is 10.1. The zero-order valence-electron chi connectivity index (χ0n) is 17.2. The molecule has 0 saturated carbocycles. The summed E-state index contributed by atoms with van der Waals surface area (Å²) in [4.78, 5) is 11.0. The maximum Gasteiger partial charge on any atom is 0.305 e. The van der Waals surface area contributed by atoms with Gasteiger partial charge in [-0.05, 0) is 18.4 Å². The number of benzene rings is 1. The molecule has 2 rings (SSSR count). The molecular formula is C22H34O7. The summed E-state index contributed by atoms with van der Waals surface area (Å²) >= 11 is 0. The van der Waals surface area contributed by atoms with E-state index in [1.165, 1.54) is 7.11 Å². The summed E-state index contributed by atoms with van der Waals surface area (Å²) in [6.45, 7) is 0.584.